The van der Waals surface area contributed by atoms with Crippen molar-refractivity contribution in [1.29, 1.82) is 0 Å². The summed E-state index contributed by atoms with van der Waals surface area (Å²) < 4.78 is 9.66. The Morgan fingerprint density at radius 1 is 1.35 bits per heavy atom. The highest BCUT2D eigenvalue weighted by atomic mass is 16.6. The normalized spacial score (nSPS) is 15.0. The van der Waals surface area contributed by atoms with Gasteiger partial charge in [-0.05, 0) is 13.0 Å². The Morgan fingerprint density at radius 2 is 1.95 bits per heavy atom. The number of carbonyl (C=O) groups is 2. The van der Waals surface area contributed by atoms with Crippen molar-refractivity contribution in [1.82, 2.24) is 0 Å². The monoisotopic (exact) mass is 288 g/mol. The molecule has 3 unspecified atom stereocenters. The molecule has 0 aromatic rings. The Morgan fingerprint density at radius 3 is 2.40 bits per heavy atom. The number of rotatable bonds is 10. The van der Waals surface area contributed by atoms with Crippen LogP contribution in [0.3, 0.4) is 0 Å². The molecule has 7 nitrogen and oxygen atoms in total. The Kier molecular flexibility index (Phi) is 8.66. The van der Waals surface area contributed by atoms with Gasteiger partial charge in [-0.15, -0.1) is 0 Å². The van der Waals surface area contributed by atoms with Crippen LogP contribution in [0.25, 0.3) is 0 Å². The van der Waals surface area contributed by atoms with E-state index in [4.69, 9.17) is 14.9 Å². The number of ketones is 1. The summed E-state index contributed by atoms with van der Waals surface area (Å²) in [7, 11) is 0. The van der Waals surface area contributed by atoms with Crippen LogP contribution in [0.5, 0.6) is 0 Å². The number of ether oxygens (including phenoxy) is 2. The standard InChI is InChI=1S/C13H20O7/c1-4-10(16)11(19-7-9(15)6-14)5-12(17)20-13(18)8(2)3/h4,9,11-12,14-15,17H,1-2,5-7H2,3H3. The predicted molar refractivity (Wildman–Crippen MR) is 69.6 cm³/mol. The van der Waals surface area contributed by atoms with Crippen LogP contribution in [0.2, 0.25) is 0 Å². The highest BCUT2D eigenvalue weighted by Crippen LogP contribution is 2.09. The third kappa shape index (κ3) is 7.15. The van der Waals surface area contributed by atoms with E-state index in [0.29, 0.717) is 0 Å². The molecule has 0 aliphatic carbocycles. The molecule has 0 aliphatic heterocycles. The molecule has 20 heavy (non-hydrogen) atoms. The van der Waals surface area contributed by atoms with E-state index in [1.54, 1.807) is 0 Å². The maximum Gasteiger partial charge on any atom is 0.335 e. The third-order valence-corrected chi connectivity index (χ3v) is 2.23. The molecule has 3 N–H and O–H groups in total. The quantitative estimate of drug-likeness (QED) is 0.277. The molecule has 0 saturated heterocycles. The van der Waals surface area contributed by atoms with E-state index in [2.05, 4.69) is 17.9 Å². The molecule has 0 spiro atoms. The highest BCUT2D eigenvalue weighted by Gasteiger charge is 2.24. The lowest BCUT2D eigenvalue weighted by molar-refractivity contribution is -0.171. The fourth-order valence-corrected chi connectivity index (χ4v) is 1.13. The first-order valence-corrected chi connectivity index (χ1v) is 5.93. The van der Waals surface area contributed by atoms with Gasteiger partial charge in [0.25, 0.3) is 0 Å². The molecule has 0 fully saturated rings. The van der Waals surface area contributed by atoms with E-state index in [0.717, 1.165) is 6.08 Å². The average molecular weight is 288 g/mol. The molecule has 0 amide bonds. The van der Waals surface area contributed by atoms with Gasteiger partial charge in [-0.25, -0.2) is 4.79 Å². The fourth-order valence-electron chi connectivity index (χ4n) is 1.13. The molecule has 0 aromatic heterocycles. The molecule has 0 heterocycles. The van der Waals surface area contributed by atoms with Gasteiger partial charge in [0.05, 0.1) is 13.2 Å². The van der Waals surface area contributed by atoms with Crippen LogP contribution >= 0.6 is 0 Å². The number of esters is 1. The molecular formula is C13H20O7. The van der Waals surface area contributed by atoms with Crippen molar-refractivity contribution < 1.29 is 34.4 Å². The second-order valence-electron chi connectivity index (χ2n) is 4.14. The van der Waals surface area contributed by atoms with E-state index < -0.39 is 36.9 Å². The minimum atomic E-state index is -1.56. The molecule has 0 aromatic carbocycles. The Hall–Kier alpha value is -1.54. The second-order valence-corrected chi connectivity index (χ2v) is 4.14. The Labute approximate surface area is 117 Å². The number of hydrogen-bond donors (Lipinski definition) is 3. The van der Waals surface area contributed by atoms with Crippen molar-refractivity contribution in [2.45, 2.75) is 31.8 Å². The van der Waals surface area contributed by atoms with Gasteiger partial charge in [0.15, 0.2) is 5.78 Å². The molecule has 3 atom stereocenters. The lowest BCUT2D eigenvalue weighted by Crippen LogP contribution is -2.33. The molecule has 7 heteroatoms. The molecule has 0 radical (unpaired) electrons. The van der Waals surface area contributed by atoms with Crippen LogP contribution in [-0.4, -0.2) is 58.8 Å². The lowest BCUT2D eigenvalue weighted by atomic mass is 10.1. The van der Waals surface area contributed by atoms with Crippen molar-refractivity contribution in [3.63, 3.8) is 0 Å². The van der Waals surface area contributed by atoms with Crippen LogP contribution in [0, 0.1) is 0 Å². The van der Waals surface area contributed by atoms with Gasteiger partial charge in [-0.3, -0.25) is 4.79 Å². The maximum atomic E-state index is 11.5. The zero-order valence-electron chi connectivity index (χ0n) is 11.3. The molecular weight excluding hydrogens is 268 g/mol. The number of aliphatic hydroxyl groups is 3. The first-order valence-electron chi connectivity index (χ1n) is 5.93. The highest BCUT2D eigenvalue weighted by molar-refractivity contribution is 5.93. The van der Waals surface area contributed by atoms with Crippen LogP contribution in [0.1, 0.15) is 13.3 Å². The zero-order chi connectivity index (χ0) is 15.7. The van der Waals surface area contributed by atoms with E-state index >= 15 is 0 Å². The summed E-state index contributed by atoms with van der Waals surface area (Å²) in [6, 6.07) is 0. The summed E-state index contributed by atoms with van der Waals surface area (Å²) >= 11 is 0. The minimum Gasteiger partial charge on any atom is -0.433 e. The number of carbonyl (C=O) groups excluding carboxylic acids is 2. The molecule has 0 bridgehead atoms. The van der Waals surface area contributed by atoms with E-state index in [-0.39, 0.29) is 18.6 Å². The largest absolute Gasteiger partial charge is 0.433 e. The molecule has 0 aliphatic rings. The van der Waals surface area contributed by atoms with Gasteiger partial charge < -0.3 is 24.8 Å². The smallest absolute Gasteiger partial charge is 0.335 e. The van der Waals surface area contributed by atoms with Crippen molar-refractivity contribution in [3.8, 4) is 0 Å². The van der Waals surface area contributed by atoms with Crippen LogP contribution in [0.15, 0.2) is 24.8 Å². The second kappa shape index (κ2) is 9.38. The zero-order valence-corrected chi connectivity index (χ0v) is 11.3. The minimum absolute atomic E-state index is 0.104. The number of hydrogen-bond acceptors (Lipinski definition) is 7. The summed E-state index contributed by atoms with van der Waals surface area (Å²) in [6.07, 6.45) is -3.17. The fraction of sp³-hybridized carbons (Fsp3) is 0.538. The van der Waals surface area contributed by atoms with E-state index in [1.165, 1.54) is 6.92 Å². The van der Waals surface area contributed by atoms with E-state index in [9.17, 15) is 14.7 Å². The summed E-state index contributed by atoms with van der Waals surface area (Å²) in [5, 5.41) is 27.3. The third-order valence-electron chi connectivity index (χ3n) is 2.23. The van der Waals surface area contributed by atoms with Crippen LogP contribution < -0.4 is 0 Å². The molecule has 114 valence electrons. The summed E-state index contributed by atoms with van der Waals surface area (Å²) in [5.74, 6) is -1.33. The lowest BCUT2D eigenvalue weighted by Gasteiger charge is -2.20. The molecule has 0 rings (SSSR count). The van der Waals surface area contributed by atoms with Crippen LogP contribution in [-0.2, 0) is 19.1 Å². The number of aliphatic hydroxyl groups excluding tert-OH is 3. The topological polar surface area (TPSA) is 113 Å². The van der Waals surface area contributed by atoms with Crippen LogP contribution in [0.4, 0.5) is 0 Å². The van der Waals surface area contributed by atoms with E-state index in [1.807, 2.05) is 0 Å². The van der Waals surface area contributed by atoms with Gasteiger partial charge in [0.1, 0.15) is 12.2 Å². The van der Waals surface area contributed by atoms with Crippen molar-refractivity contribution in [2.75, 3.05) is 13.2 Å². The maximum absolute atomic E-state index is 11.5. The van der Waals surface area contributed by atoms with Gasteiger partial charge in [0, 0.05) is 12.0 Å². The first kappa shape index (κ1) is 18.5. The Balaban J connectivity index is 4.49. The van der Waals surface area contributed by atoms with Gasteiger partial charge >= 0.3 is 5.97 Å². The van der Waals surface area contributed by atoms with Crippen molar-refractivity contribution >= 4 is 11.8 Å². The summed E-state index contributed by atoms with van der Waals surface area (Å²) in [4.78, 5) is 22.7. The predicted octanol–water partition coefficient (Wildman–Crippen LogP) is -0.692. The Bertz CT molecular complexity index is 364. The SMILES string of the molecule is C=CC(=O)C(CC(O)OC(=O)C(=C)C)OCC(O)CO. The summed E-state index contributed by atoms with van der Waals surface area (Å²) in [5.41, 5.74) is 0.104. The van der Waals surface area contributed by atoms with Gasteiger partial charge in [-0.2, -0.15) is 0 Å². The first-order chi connectivity index (χ1) is 9.31. The van der Waals surface area contributed by atoms with Crippen molar-refractivity contribution in [3.05, 3.63) is 24.8 Å². The summed E-state index contributed by atoms with van der Waals surface area (Å²) in [6.45, 7) is 7.21. The van der Waals surface area contributed by atoms with Crippen molar-refractivity contribution in [2.24, 2.45) is 0 Å². The average Bonchev–Trinajstić information content (AvgIpc) is 2.41. The van der Waals surface area contributed by atoms with Gasteiger partial charge in [0.2, 0.25) is 6.29 Å². The van der Waals surface area contributed by atoms with Gasteiger partial charge in [-0.1, -0.05) is 13.2 Å². The molecule has 0 saturated carbocycles.